The molecular formula is C12H15N3O2S. The van der Waals surface area contributed by atoms with Gasteiger partial charge in [-0.25, -0.2) is 0 Å². The second kappa shape index (κ2) is 6.20. The van der Waals surface area contributed by atoms with Crippen molar-refractivity contribution in [3.63, 3.8) is 0 Å². The molecule has 0 unspecified atom stereocenters. The van der Waals surface area contributed by atoms with Gasteiger partial charge < -0.3 is 14.8 Å². The van der Waals surface area contributed by atoms with Gasteiger partial charge in [-0.05, 0) is 13.0 Å². The molecule has 5 nitrogen and oxygen atoms in total. The van der Waals surface area contributed by atoms with Crippen molar-refractivity contribution in [2.75, 3.05) is 19.0 Å². The zero-order valence-electron chi connectivity index (χ0n) is 10.3. The summed E-state index contributed by atoms with van der Waals surface area (Å²) in [5.41, 5.74) is 2.72. The molecule has 0 fully saturated rings. The van der Waals surface area contributed by atoms with Crippen molar-refractivity contribution in [1.29, 1.82) is 0 Å². The predicted octanol–water partition coefficient (Wildman–Crippen LogP) is 2.56. The number of methoxy groups -OCH3 is 1. The standard InChI is InChI=1S/C12H15N3O2S/c1-3-17-10-6-4-5-9(11(10)16-2)7-13-12-15-14-8-18-12/h4-6,8H,3,7H2,1-2H3,(H,13,15). The third-order valence-corrected chi connectivity index (χ3v) is 3.00. The summed E-state index contributed by atoms with van der Waals surface area (Å²) in [6.07, 6.45) is 0. The van der Waals surface area contributed by atoms with Crippen LogP contribution in [0.3, 0.4) is 0 Å². The fourth-order valence-electron chi connectivity index (χ4n) is 1.62. The maximum atomic E-state index is 5.53. The molecule has 1 heterocycles. The van der Waals surface area contributed by atoms with E-state index in [0.29, 0.717) is 13.2 Å². The molecule has 1 N–H and O–H groups in total. The number of rotatable bonds is 6. The Morgan fingerprint density at radius 3 is 2.94 bits per heavy atom. The second-order valence-corrected chi connectivity index (χ2v) is 4.31. The fourth-order valence-corrected chi connectivity index (χ4v) is 2.07. The Hall–Kier alpha value is -1.82. The number of aromatic nitrogens is 2. The lowest BCUT2D eigenvalue weighted by atomic mass is 10.2. The van der Waals surface area contributed by atoms with E-state index < -0.39 is 0 Å². The topological polar surface area (TPSA) is 56.3 Å². The van der Waals surface area contributed by atoms with Crippen LogP contribution in [-0.4, -0.2) is 23.9 Å². The van der Waals surface area contributed by atoms with Crippen LogP contribution in [0.2, 0.25) is 0 Å². The Morgan fingerprint density at radius 1 is 1.39 bits per heavy atom. The molecule has 0 saturated carbocycles. The number of benzene rings is 1. The first-order chi connectivity index (χ1) is 8.85. The van der Waals surface area contributed by atoms with Crippen molar-refractivity contribution in [2.45, 2.75) is 13.5 Å². The largest absolute Gasteiger partial charge is 0.493 e. The van der Waals surface area contributed by atoms with E-state index in [0.717, 1.165) is 22.2 Å². The summed E-state index contributed by atoms with van der Waals surface area (Å²) < 4.78 is 10.9. The van der Waals surface area contributed by atoms with Gasteiger partial charge >= 0.3 is 0 Å². The Bertz CT molecular complexity index is 488. The van der Waals surface area contributed by atoms with Gasteiger partial charge in [-0.3, -0.25) is 0 Å². The molecular weight excluding hydrogens is 250 g/mol. The Labute approximate surface area is 110 Å². The molecule has 1 aromatic heterocycles. The molecule has 1 aromatic carbocycles. The number of para-hydroxylation sites is 1. The maximum absolute atomic E-state index is 5.53. The summed E-state index contributed by atoms with van der Waals surface area (Å²) in [4.78, 5) is 0. The Balaban J connectivity index is 2.13. The molecule has 0 spiro atoms. The fraction of sp³-hybridized carbons (Fsp3) is 0.333. The number of nitrogens with zero attached hydrogens (tertiary/aromatic N) is 2. The van der Waals surface area contributed by atoms with Crippen LogP contribution in [0.4, 0.5) is 5.13 Å². The van der Waals surface area contributed by atoms with E-state index in [1.54, 1.807) is 12.6 Å². The summed E-state index contributed by atoms with van der Waals surface area (Å²) in [6.45, 7) is 3.19. The van der Waals surface area contributed by atoms with E-state index in [1.165, 1.54) is 11.3 Å². The van der Waals surface area contributed by atoms with Gasteiger partial charge in [-0.1, -0.05) is 23.5 Å². The van der Waals surface area contributed by atoms with Crippen LogP contribution in [0.25, 0.3) is 0 Å². The minimum absolute atomic E-state index is 0.615. The number of hydrogen-bond acceptors (Lipinski definition) is 6. The van der Waals surface area contributed by atoms with E-state index >= 15 is 0 Å². The molecule has 18 heavy (non-hydrogen) atoms. The summed E-state index contributed by atoms with van der Waals surface area (Å²) in [5, 5.41) is 11.7. The minimum Gasteiger partial charge on any atom is -0.493 e. The van der Waals surface area contributed by atoms with Crippen molar-refractivity contribution in [3.8, 4) is 11.5 Å². The van der Waals surface area contributed by atoms with Crippen molar-refractivity contribution < 1.29 is 9.47 Å². The monoisotopic (exact) mass is 265 g/mol. The Morgan fingerprint density at radius 2 is 2.28 bits per heavy atom. The van der Waals surface area contributed by atoms with Crippen LogP contribution < -0.4 is 14.8 Å². The Kier molecular flexibility index (Phi) is 4.35. The number of anilines is 1. The molecule has 0 amide bonds. The minimum atomic E-state index is 0.615. The first-order valence-electron chi connectivity index (χ1n) is 5.64. The van der Waals surface area contributed by atoms with Crippen molar-refractivity contribution >= 4 is 16.5 Å². The van der Waals surface area contributed by atoms with E-state index in [1.807, 2.05) is 25.1 Å². The molecule has 2 aromatic rings. The SMILES string of the molecule is CCOc1cccc(CNc2nncs2)c1OC. The molecule has 0 bridgehead atoms. The molecule has 0 aliphatic carbocycles. The first kappa shape index (κ1) is 12.6. The van der Waals surface area contributed by atoms with Gasteiger partial charge in [0.1, 0.15) is 5.51 Å². The van der Waals surface area contributed by atoms with Gasteiger partial charge in [0.25, 0.3) is 0 Å². The summed E-state index contributed by atoms with van der Waals surface area (Å²) >= 11 is 1.46. The van der Waals surface area contributed by atoms with Gasteiger partial charge in [0, 0.05) is 12.1 Å². The molecule has 2 rings (SSSR count). The number of hydrogen-bond donors (Lipinski definition) is 1. The zero-order chi connectivity index (χ0) is 12.8. The lowest BCUT2D eigenvalue weighted by Crippen LogP contribution is -2.03. The summed E-state index contributed by atoms with van der Waals surface area (Å²) in [5.74, 6) is 1.52. The quantitative estimate of drug-likeness (QED) is 0.870. The van der Waals surface area contributed by atoms with Crippen LogP contribution in [0, 0.1) is 0 Å². The second-order valence-electron chi connectivity index (χ2n) is 3.48. The number of ether oxygens (including phenoxy) is 2. The third kappa shape index (κ3) is 2.89. The van der Waals surface area contributed by atoms with E-state index in [4.69, 9.17) is 9.47 Å². The van der Waals surface area contributed by atoms with E-state index in [-0.39, 0.29) is 0 Å². The van der Waals surface area contributed by atoms with E-state index in [2.05, 4.69) is 15.5 Å². The lowest BCUT2D eigenvalue weighted by Gasteiger charge is -2.13. The summed E-state index contributed by atoms with van der Waals surface area (Å²) in [6, 6.07) is 5.84. The predicted molar refractivity (Wildman–Crippen MR) is 71.4 cm³/mol. The van der Waals surface area contributed by atoms with Crippen molar-refractivity contribution in [1.82, 2.24) is 10.2 Å². The van der Waals surface area contributed by atoms with Gasteiger partial charge in [-0.15, -0.1) is 10.2 Å². The molecule has 0 aliphatic heterocycles. The highest BCUT2D eigenvalue weighted by Crippen LogP contribution is 2.31. The van der Waals surface area contributed by atoms with Crippen LogP contribution in [0.1, 0.15) is 12.5 Å². The highest BCUT2D eigenvalue weighted by atomic mass is 32.1. The van der Waals surface area contributed by atoms with Gasteiger partial charge in [0.15, 0.2) is 11.5 Å². The maximum Gasteiger partial charge on any atom is 0.205 e. The lowest BCUT2D eigenvalue weighted by molar-refractivity contribution is 0.309. The van der Waals surface area contributed by atoms with Gasteiger partial charge in [0.05, 0.1) is 13.7 Å². The molecule has 0 atom stereocenters. The normalized spacial score (nSPS) is 10.1. The van der Waals surface area contributed by atoms with Gasteiger partial charge in [0.2, 0.25) is 5.13 Å². The smallest absolute Gasteiger partial charge is 0.205 e. The van der Waals surface area contributed by atoms with Crippen molar-refractivity contribution in [3.05, 3.63) is 29.3 Å². The number of nitrogens with one attached hydrogen (secondary N) is 1. The van der Waals surface area contributed by atoms with Crippen molar-refractivity contribution in [2.24, 2.45) is 0 Å². The highest BCUT2D eigenvalue weighted by Gasteiger charge is 2.09. The molecule has 0 saturated heterocycles. The third-order valence-electron chi connectivity index (χ3n) is 2.35. The van der Waals surface area contributed by atoms with Gasteiger partial charge in [-0.2, -0.15) is 0 Å². The molecule has 0 aliphatic rings. The molecule has 96 valence electrons. The van der Waals surface area contributed by atoms with Crippen LogP contribution in [-0.2, 0) is 6.54 Å². The summed E-state index contributed by atoms with van der Waals surface area (Å²) in [7, 11) is 1.65. The first-order valence-corrected chi connectivity index (χ1v) is 6.51. The van der Waals surface area contributed by atoms with Crippen LogP contribution in [0.15, 0.2) is 23.7 Å². The van der Waals surface area contributed by atoms with Crippen LogP contribution in [0.5, 0.6) is 11.5 Å². The van der Waals surface area contributed by atoms with E-state index in [9.17, 15) is 0 Å². The highest BCUT2D eigenvalue weighted by molar-refractivity contribution is 7.13. The molecule has 0 radical (unpaired) electrons. The molecule has 6 heteroatoms. The zero-order valence-corrected chi connectivity index (χ0v) is 11.2. The van der Waals surface area contributed by atoms with Crippen LogP contribution >= 0.6 is 11.3 Å². The average Bonchev–Trinajstić information content (AvgIpc) is 2.90. The average molecular weight is 265 g/mol.